The molecule has 7 heteroatoms. The van der Waals surface area contributed by atoms with Crippen LogP contribution < -0.4 is 10.2 Å². The van der Waals surface area contributed by atoms with Gasteiger partial charge in [-0.3, -0.25) is 9.48 Å². The second kappa shape index (κ2) is 9.10. The van der Waals surface area contributed by atoms with E-state index in [0.717, 1.165) is 68.0 Å². The lowest BCUT2D eigenvalue weighted by atomic mass is 9.96. The van der Waals surface area contributed by atoms with Crippen molar-refractivity contribution in [1.29, 1.82) is 0 Å². The van der Waals surface area contributed by atoms with Crippen LogP contribution in [0.3, 0.4) is 0 Å². The Kier molecular flexibility index (Phi) is 5.88. The van der Waals surface area contributed by atoms with Crippen molar-refractivity contribution in [2.45, 2.75) is 52.1 Å². The number of nitrogens with one attached hydrogen (secondary N) is 1. The molecule has 3 aromatic rings. The summed E-state index contributed by atoms with van der Waals surface area (Å²) in [6, 6.07) is 10.2. The molecule has 5 rings (SSSR count). The Labute approximate surface area is 188 Å². The van der Waals surface area contributed by atoms with Crippen LogP contribution >= 0.6 is 0 Å². The third-order valence-corrected chi connectivity index (χ3v) is 6.51. The molecule has 1 saturated heterocycles. The van der Waals surface area contributed by atoms with Gasteiger partial charge in [-0.05, 0) is 39.0 Å². The molecule has 1 N–H and O–H groups in total. The summed E-state index contributed by atoms with van der Waals surface area (Å²) >= 11 is 0. The Morgan fingerprint density at radius 1 is 1.16 bits per heavy atom. The van der Waals surface area contributed by atoms with Gasteiger partial charge in [0.15, 0.2) is 5.82 Å². The minimum Gasteiger partial charge on any atom is -0.355 e. The molecule has 0 saturated carbocycles. The number of hydrogen-bond donors (Lipinski definition) is 1. The lowest BCUT2D eigenvalue weighted by molar-refractivity contribution is -0.125. The van der Waals surface area contributed by atoms with E-state index in [2.05, 4.69) is 34.4 Å². The minimum atomic E-state index is -0.0304. The van der Waals surface area contributed by atoms with Crippen LogP contribution in [0.15, 0.2) is 42.7 Å². The van der Waals surface area contributed by atoms with Crippen LogP contribution in [-0.4, -0.2) is 38.7 Å². The van der Waals surface area contributed by atoms with E-state index in [1.54, 1.807) is 0 Å². The summed E-state index contributed by atoms with van der Waals surface area (Å²) in [5.41, 5.74) is 4.53. The predicted molar refractivity (Wildman–Crippen MR) is 124 cm³/mol. The topological polar surface area (TPSA) is 75.9 Å². The van der Waals surface area contributed by atoms with Gasteiger partial charge in [0.25, 0.3) is 0 Å². The van der Waals surface area contributed by atoms with Gasteiger partial charge >= 0.3 is 0 Å². The highest BCUT2D eigenvalue weighted by molar-refractivity contribution is 5.79. The molecule has 0 spiro atoms. The zero-order valence-corrected chi connectivity index (χ0v) is 18.6. The molecule has 32 heavy (non-hydrogen) atoms. The van der Waals surface area contributed by atoms with Gasteiger partial charge in [0.2, 0.25) is 5.91 Å². The van der Waals surface area contributed by atoms with Crippen LogP contribution in [0.4, 0.5) is 5.82 Å². The smallest absolute Gasteiger partial charge is 0.225 e. The monoisotopic (exact) mass is 430 g/mol. The van der Waals surface area contributed by atoms with Crippen LogP contribution in [0.1, 0.15) is 43.0 Å². The Morgan fingerprint density at radius 3 is 2.84 bits per heavy atom. The Balaban J connectivity index is 1.32. The summed E-state index contributed by atoms with van der Waals surface area (Å²) < 4.78 is 1.88. The normalized spacial score (nSPS) is 17.9. The van der Waals surface area contributed by atoms with E-state index < -0.39 is 0 Å². The molecule has 0 radical (unpaired) electrons. The average Bonchev–Trinajstić information content (AvgIpc) is 3.52. The molecule has 3 heterocycles. The number of piperidine rings is 1. The highest BCUT2D eigenvalue weighted by Gasteiger charge is 2.30. The molecule has 2 aliphatic rings. The van der Waals surface area contributed by atoms with Crippen molar-refractivity contribution in [3.8, 4) is 11.4 Å². The number of benzene rings is 1. The number of carbonyl (C=O) groups is 1. The number of nitrogens with zero attached hydrogens (tertiary/aromatic N) is 5. The quantitative estimate of drug-likeness (QED) is 0.649. The zero-order valence-electron chi connectivity index (χ0n) is 18.6. The summed E-state index contributed by atoms with van der Waals surface area (Å²) in [6.45, 7) is 5.05. The Bertz CT molecular complexity index is 1090. The molecular formula is C25H30N6O. The molecule has 1 atom stereocenters. The summed E-state index contributed by atoms with van der Waals surface area (Å²) in [6.07, 6.45) is 8.87. The van der Waals surface area contributed by atoms with E-state index in [-0.39, 0.29) is 11.8 Å². The fourth-order valence-electron chi connectivity index (χ4n) is 4.78. The number of carbonyl (C=O) groups excluding carboxylic acids is 1. The third kappa shape index (κ3) is 4.24. The molecule has 166 valence electrons. The molecule has 1 aromatic carbocycles. The second-order valence-corrected chi connectivity index (χ2v) is 8.72. The molecule has 1 amide bonds. The summed E-state index contributed by atoms with van der Waals surface area (Å²) in [5.74, 6) is 1.92. The first kappa shape index (κ1) is 20.7. The zero-order chi connectivity index (χ0) is 21.9. The first-order valence-corrected chi connectivity index (χ1v) is 11.7. The lowest BCUT2D eigenvalue weighted by Crippen LogP contribution is -2.43. The first-order chi connectivity index (χ1) is 15.7. The Morgan fingerprint density at radius 2 is 2.03 bits per heavy atom. The molecule has 1 fully saturated rings. The number of aromatic nitrogens is 4. The molecule has 1 aliphatic carbocycles. The van der Waals surface area contributed by atoms with Gasteiger partial charge in [-0.25, -0.2) is 9.97 Å². The predicted octanol–water partition coefficient (Wildman–Crippen LogP) is 3.38. The summed E-state index contributed by atoms with van der Waals surface area (Å²) in [4.78, 5) is 25.2. The highest BCUT2D eigenvalue weighted by atomic mass is 16.1. The van der Waals surface area contributed by atoms with Crippen molar-refractivity contribution in [3.05, 3.63) is 59.5 Å². The molecule has 2 aromatic heterocycles. The van der Waals surface area contributed by atoms with E-state index in [0.29, 0.717) is 13.1 Å². The number of amides is 1. The van der Waals surface area contributed by atoms with Gasteiger partial charge in [0, 0.05) is 54.8 Å². The fourth-order valence-corrected chi connectivity index (χ4v) is 4.78. The lowest BCUT2D eigenvalue weighted by Gasteiger charge is -2.34. The van der Waals surface area contributed by atoms with E-state index in [1.807, 2.05) is 35.3 Å². The van der Waals surface area contributed by atoms with E-state index in [9.17, 15) is 4.79 Å². The fraction of sp³-hybridized carbons (Fsp3) is 0.440. The van der Waals surface area contributed by atoms with Gasteiger partial charge in [-0.15, -0.1) is 0 Å². The number of aryl methyl sites for hydroxylation is 2. The number of hydrogen-bond acceptors (Lipinski definition) is 5. The summed E-state index contributed by atoms with van der Waals surface area (Å²) in [7, 11) is 0. The van der Waals surface area contributed by atoms with Crippen molar-refractivity contribution in [3.63, 3.8) is 0 Å². The van der Waals surface area contributed by atoms with Crippen molar-refractivity contribution >= 4 is 11.7 Å². The van der Waals surface area contributed by atoms with Crippen LogP contribution in [0, 0.1) is 5.92 Å². The van der Waals surface area contributed by atoms with Crippen LogP contribution in [-0.2, 0) is 30.7 Å². The largest absolute Gasteiger partial charge is 0.355 e. The first-order valence-electron chi connectivity index (χ1n) is 11.7. The standard InChI is InChI=1S/C25H30N6O/c1-2-31-16-18(15-27-31)14-26-25(32)20-10-7-13-30(17-20)24-21-11-6-12-22(21)28-23(29-24)19-8-4-3-5-9-19/h3-5,8-9,15-16,20H,2,6-7,10-14,17H2,1H3,(H,26,32)/t20-/m1/s1. The maximum Gasteiger partial charge on any atom is 0.225 e. The van der Waals surface area contributed by atoms with Gasteiger partial charge < -0.3 is 10.2 Å². The van der Waals surface area contributed by atoms with E-state index in [1.165, 1.54) is 11.3 Å². The summed E-state index contributed by atoms with van der Waals surface area (Å²) in [5, 5.41) is 7.40. The van der Waals surface area contributed by atoms with Gasteiger partial charge in [0.1, 0.15) is 5.82 Å². The second-order valence-electron chi connectivity index (χ2n) is 8.72. The minimum absolute atomic E-state index is 0.0304. The van der Waals surface area contributed by atoms with Crippen molar-refractivity contribution in [2.24, 2.45) is 5.92 Å². The van der Waals surface area contributed by atoms with Gasteiger partial charge in [-0.1, -0.05) is 30.3 Å². The molecule has 0 unspecified atom stereocenters. The number of fused-ring (bicyclic) bond motifs is 1. The van der Waals surface area contributed by atoms with Crippen molar-refractivity contribution in [2.75, 3.05) is 18.0 Å². The van der Waals surface area contributed by atoms with E-state index >= 15 is 0 Å². The maximum absolute atomic E-state index is 12.9. The van der Waals surface area contributed by atoms with Crippen molar-refractivity contribution < 1.29 is 4.79 Å². The van der Waals surface area contributed by atoms with Gasteiger partial charge in [-0.2, -0.15) is 5.10 Å². The average molecular weight is 431 g/mol. The SMILES string of the molecule is CCn1cc(CNC(=O)[C@@H]2CCCN(c3nc(-c4ccccc4)nc4c3CCC4)C2)cn1. The molecule has 1 aliphatic heterocycles. The van der Waals surface area contributed by atoms with Crippen LogP contribution in [0.25, 0.3) is 11.4 Å². The molecular weight excluding hydrogens is 400 g/mol. The third-order valence-electron chi connectivity index (χ3n) is 6.51. The number of rotatable bonds is 6. The van der Waals surface area contributed by atoms with E-state index in [4.69, 9.17) is 9.97 Å². The van der Waals surface area contributed by atoms with Crippen molar-refractivity contribution in [1.82, 2.24) is 25.1 Å². The van der Waals surface area contributed by atoms with Crippen LogP contribution in [0.5, 0.6) is 0 Å². The van der Waals surface area contributed by atoms with Crippen LogP contribution in [0.2, 0.25) is 0 Å². The Hall–Kier alpha value is -3.22. The number of anilines is 1. The van der Waals surface area contributed by atoms with Gasteiger partial charge in [0.05, 0.1) is 12.1 Å². The molecule has 7 nitrogen and oxygen atoms in total. The molecule has 0 bridgehead atoms. The highest BCUT2D eigenvalue weighted by Crippen LogP contribution is 2.33. The maximum atomic E-state index is 12.9.